The molecule has 0 spiro atoms. The lowest BCUT2D eigenvalue weighted by atomic mass is 9.92. The number of H-pyrrole nitrogens is 2. The van der Waals surface area contributed by atoms with Crippen LogP contribution in [0.2, 0.25) is 0 Å². The van der Waals surface area contributed by atoms with Crippen LogP contribution >= 0.6 is 0 Å². The zero-order chi connectivity index (χ0) is 23.3. The van der Waals surface area contributed by atoms with Crippen LogP contribution in [0.15, 0.2) is 30.8 Å². The molecule has 2 aromatic heterocycles. The molecule has 0 saturated heterocycles. The number of nitrogens with two attached hydrogens (primary N) is 2. The Balaban J connectivity index is 1.28. The summed E-state index contributed by atoms with van der Waals surface area (Å²) in [6, 6.07) is 8.56. The van der Waals surface area contributed by atoms with Crippen LogP contribution in [-0.4, -0.2) is 30.4 Å². The molecule has 0 saturated carbocycles. The first kappa shape index (κ1) is 24.5. The predicted molar refractivity (Wildman–Crippen MR) is 134 cm³/mol. The number of aromatic nitrogens is 6. The van der Waals surface area contributed by atoms with Crippen molar-refractivity contribution in [2.45, 2.75) is 83.0 Å². The highest BCUT2D eigenvalue weighted by molar-refractivity contribution is 5.47. The number of hydrogen-bond donors (Lipinski definition) is 4. The number of anilines is 2. The van der Waals surface area contributed by atoms with Crippen molar-refractivity contribution >= 4 is 18.0 Å². The van der Waals surface area contributed by atoms with Crippen molar-refractivity contribution in [2.75, 3.05) is 11.5 Å². The molecular formula is C25H38N8. The lowest BCUT2D eigenvalue weighted by molar-refractivity contribution is 0.512. The first-order chi connectivity index (χ1) is 16.1. The van der Waals surface area contributed by atoms with Crippen LogP contribution in [0.3, 0.4) is 0 Å². The second kappa shape index (κ2) is 13.4. The van der Waals surface area contributed by atoms with Gasteiger partial charge in [-0.15, -0.1) is 10.2 Å². The van der Waals surface area contributed by atoms with Crippen molar-refractivity contribution in [1.82, 2.24) is 30.4 Å². The highest BCUT2D eigenvalue weighted by atomic mass is 15.3. The highest BCUT2D eigenvalue weighted by Crippen LogP contribution is 2.25. The van der Waals surface area contributed by atoms with Crippen LogP contribution in [0.5, 0.6) is 0 Å². The third-order valence-electron chi connectivity index (χ3n) is 6.12. The molecule has 8 nitrogen and oxygen atoms in total. The van der Waals surface area contributed by atoms with Crippen LogP contribution in [0.25, 0.3) is 6.08 Å². The minimum Gasteiger partial charge on any atom is -0.367 e. The fourth-order valence-corrected chi connectivity index (χ4v) is 4.22. The Hall–Kier alpha value is -3.16. The summed E-state index contributed by atoms with van der Waals surface area (Å²) >= 11 is 0. The monoisotopic (exact) mass is 450 g/mol. The summed E-state index contributed by atoms with van der Waals surface area (Å²) in [6.07, 6.45) is 16.1. The number of hydrogen-bond acceptors (Lipinski definition) is 6. The molecule has 0 aliphatic carbocycles. The van der Waals surface area contributed by atoms with E-state index in [0.717, 1.165) is 42.9 Å². The average Bonchev–Trinajstić information content (AvgIpc) is 3.45. The van der Waals surface area contributed by atoms with Crippen LogP contribution in [0.1, 0.15) is 92.9 Å². The van der Waals surface area contributed by atoms with Crippen LogP contribution in [-0.2, 0) is 12.8 Å². The molecule has 0 amide bonds. The Morgan fingerprint density at radius 2 is 1.39 bits per heavy atom. The Bertz CT molecular complexity index is 943. The molecule has 1 unspecified atom stereocenters. The number of unbranched alkanes of at least 4 members (excludes halogenated alkanes) is 8. The van der Waals surface area contributed by atoms with Gasteiger partial charge in [-0.3, -0.25) is 10.2 Å². The van der Waals surface area contributed by atoms with Gasteiger partial charge in [0, 0.05) is 12.3 Å². The van der Waals surface area contributed by atoms with E-state index in [2.05, 4.69) is 61.2 Å². The largest absolute Gasteiger partial charge is 0.367 e. The van der Waals surface area contributed by atoms with E-state index in [1.165, 1.54) is 56.9 Å². The number of benzene rings is 1. The minimum atomic E-state index is 0.309. The van der Waals surface area contributed by atoms with Gasteiger partial charge in [-0.05, 0) is 30.4 Å². The summed E-state index contributed by atoms with van der Waals surface area (Å²) in [5, 5.41) is 13.8. The third kappa shape index (κ3) is 8.71. The van der Waals surface area contributed by atoms with Gasteiger partial charge in [0.25, 0.3) is 0 Å². The molecule has 3 aromatic rings. The van der Waals surface area contributed by atoms with Gasteiger partial charge >= 0.3 is 0 Å². The summed E-state index contributed by atoms with van der Waals surface area (Å²) in [5.74, 6) is 2.76. The molecule has 0 aliphatic heterocycles. The maximum absolute atomic E-state index is 5.75. The zero-order valence-corrected chi connectivity index (χ0v) is 19.6. The Kier molecular flexibility index (Phi) is 9.94. The van der Waals surface area contributed by atoms with E-state index >= 15 is 0 Å². The van der Waals surface area contributed by atoms with Crippen LogP contribution in [0.4, 0.5) is 11.9 Å². The van der Waals surface area contributed by atoms with Gasteiger partial charge < -0.3 is 11.5 Å². The summed E-state index contributed by atoms with van der Waals surface area (Å²) in [7, 11) is 0. The lowest BCUT2D eigenvalue weighted by Crippen LogP contribution is -2.06. The summed E-state index contributed by atoms with van der Waals surface area (Å²) in [4.78, 5) is 8.55. The fraction of sp³-hybridized carbons (Fsp3) is 0.520. The molecule has 178 valence electrons. The first-order valence-electron chi connectivity index (χ1n) is 12.2. The van der Waals surface area contributed by atoms with Crippen molar-refractivity contribution in [3.05, 3.63) is 53.6 Å². The number of aromatic amines is 2. The number of nitrogen functional groups attached to an aromatic ring is 2. The van der Waals surface area contributed by atoms with Crippen molar-refractivity contribution in [1.29, 1.82) is 0 Å². The molecule has 33 heavy (non-hydrogen) atoms. The van der Waals surface area contributed by atoms with Crippen molar-refractivity contribution in [2.24, 2.45) is 0 Å². The standard InChI is InChI=1S/C25H38N8/c1-2-19-14-16-20(17-15-19)18-21(23-29-25(27)33-31-23)12-10-8-6-4-3-5-7-9-11-13-22-28-24(26)32-30-22/h2,14-17,21H,1,3-13,18H2,(H3,26,28,30,32)(H3,27,29,31,33). The minimum absolute atomic E-state index is 0.309. The van der Waals surface area contributed by atoms with Gasteiger partial charge in [0.15, 0.2) is 0 Å². The number of nitrogens with zero attached hydrogens (tertiary/aromatic N) is 4. The predicted octanol–water partition coefficient (Wildman–Crippen LogP) is 5.20. The van der Waals surface area contributed by atoms with E-state index in [4.69, 9.17) is 11.5 Å². The molecule has 3 rings (SSSR count). The molecule has 0 aliphatic rings. The third-order valence-corrected chi connectivity index (χ3v) is 6.12. The Labute approximate surface area is 196 Å². The van der Waals surface area contributed by atoms with E-state index in [9.17, 15) is 0 Å². The fourth-order valence-electron chi connectivity index (χ4n) is 4.22. The molecule has 1 aromatic carbocycles. The van der Waals surface area contributed by atoms with Gasteiger partial charge in [-0.2, -0.15) is 9.97 Å². The number of nitrogens with one attached hydrogen (secondary N) is 2. The van der Waals surface area contributed by atoms with Gasteiger partial charge in [-0.25, -0.2) is 0 Å². The van der Waals surface area contributed by atoms with E-state index in [0.29, 0.717) is 17.8 Å². The van der Waals surface area contributed by atoms with Gasteiger partial charge in [0.1, 0.15) is 11.6 Å². The molecule has 0 bridgehead atoms. The molecule has 6 N–H and O–H groups in total. The van der Waals surface area contributed by atoms with Crippen molar-refractivity contribution in [3.63, 3.8) is 0 Å². The molecule has 8 heteroatoms. The lowest BCUT2D eigenvalue weighted by Gasteiger charge is -2.14. The van der Waals surface area contributed by atoms with E-state index < -0.39 is 0 Å². The van der Waals surface area contributed by atoms with Crippen LogP contribution in [0, 0.1) is 0 Å². The molecule has 1 atom stereocenters. The topological polar surface area (TPSA) is 135 Å². The highest BCUT2D eigenvalue weighted by Gasteiger charge is 2.16. The van der Waals surface area contributed by atoms with Gasteiger partial charge in [0.2, 0.25) is 11.9 Å². The SMILES string of the molecule is C=Cc1ccc(CC(CCCCCCCCCCCc2nc(N)n[nH]2)c2nc(N)n[nH]2)cc1. The average molecular weight is 451 g/mol. The smallest absolute Gasteiger partial charge is 0.239 e. The molecule has 0 fully saturated rings. The first-order valence-corrected chi connectivity index (χ1v) is 12.2. The van der Waals surface area contributed by atoms with Crippen LogP contribution < -0.4 is 11.5 Å². The molecular weight excluding hydrogens is 412 g/mol. The zero-order valence-electron chi connectivity index (χ0n) is 19.6. The van der Waals surface area contributed by atoms with Gasteiger partial charge in [0.05, 0.1) is 0 Å². The number of aryl methyl sites for hydroxylation is 1. The summed E-state index contributed by atoms with van der Waals surface area (Å²) < 4.78 is 0. The Morgan fingerprint density at radius 1 is 0.788 bits per heavy atom. The summed E-state index contributed by atoms with van der Waals surface area (Å²) in [6.45, 7) is 3.83. The van der Waals surface area contributed by atoms with E-state index in [1.807, 2.05) is 6.08 Å². The molecule has 0 radical (unpaired) electrons. The van der Waals surface area contributed by atoms with Crippen molar-refractivity contribution in [3.8, 4) is 0 Å². The van der Waals surface area contributed by atoms with E-state index in [1.54, 1.807) is 0 Å². The maximum atomic E-state index is 5.75. The molecule has 2 heterocycles. The second-order valence-corrected chi connectivity index (χ2v) is 8.79. The summed E-state index contributed by atoms with van der Waals surface area (Å²) in [5.41, 5.74) is 13.7. The normalized spacial score (nSPS) is 12.1. The van der Waals surface area contributed by atoms with Crippen molar-refractivity contribution < 1.29 is 0 Å². The van der Waals surface area contributed by atoms with E-state index in [-0.39, 0.29) is 0 Å². The van der Waals surface area contributed by atoms with Gasteiger partial charge in [-0.1, -0.05) is 88.3 Å². The second-order valence-electron chi connectivity index (χ2n) is 8.79. The number of rotatable bonds is 16. The Morgan fingerprint density at radius 3 is 1.97 bits per heavy atom. The maximum Gasteiger partial charge on any atom is 0.239 e. The quantitative estimate of drug-likeness (QED) is 0.221.